The van der Waals surface area contributed by atoms with Gasteiger partial charge >= 0.3 is 0 Å². The van der Waals surface area contributed by atoms with Crippen molar-refractivity contribution < 1.29 is 13.3 Å². The van der Waals surface area contributed by atoms with E-state index < -0.39 is 10.8 Å². The maximum atomic E-state index is 13.7. The summed E-state index contributed by atoms with van der Waals surface area (Å²) in [4.78, 5) is 0. The molecule has 2 atom stereocenters. The molecule has 2 aromatic carbocycles. The van der Waals surface area contributed by atoms with Gasteiger partial charge in [0.15, 0.2) is 0 Å². The summed E-state index contributed by atoms with van der Waals surface area (Å²) in [6.45, 7) is 1.79. The van der Waals surface area contributed by atoms with Crippen LogP contribution in [0.3, 0.4) is 0 Å². The molecule has 0 unspecified atom stereocenters. The Labute approximate surface area is 121 Å². The molecule has 20 heavy (non-hydrogen) atoms. The molecule has 0 radical (unpaired) electrons. The van der Waals surface area contributed by atoms with E-state index in [4.69, 9.17) is 4.74 Å². The van der Waals surface area contributed by atoms with E-state index in [2.05, 4.69) is 0 Å². The Morgan fingerprint density at radius 3 is 2.65 bits per heavy atom. The number of benzene rings is 2. The predicted molar refractivity (Wildman–Crippen MR) is 79.7 cm³/mol. The number of ether oxygens (including phenoxy) is 1. The summed E-state index contributed by atoms with van der Waals surface area (Å²) in [5.74, 6) is 0.809. The Morgan fingerprint density at radius 2 is 1.95 bits per heavy atom. The Kier molecular flexibility index (Phi) is 4.90. The van der Waals surface area contributed by atoms with Crippen LogP contribution < -0.4 is 4.74 Å². The van der Waals surface area contributed by atoms with Crippen molar-refractivity contribution in [1.29, 1.82) is 0 Å². The van der Waals surface area contributed by atoms with Crippen LogP contribution in [0.1, 0.15) is 23.3 Å². The molecule has 0 saturated carbocycles. The first-order chi connectivity index (χ1) is 9.61. The Balaban J connectivity index is 2.13. The van der Waals surface area contributed by atoms with Crippen LogP contribution in [-0.2, 0) is 16.6 Å². The van der Waals surface area contributed by atoms with Crippen LogP contribution in [0.15, 0.2) is 48.5 Å². The molecule has 0 saturated heterocycles. The van der Waals surface area contributed by atoms with Crippen LogP contribution in [-0.4, -0.2) is 11.3 Å². The lowest BCUT2D eigenvalue weighted by molar-refractivity contribution is 0.414. The second-order valence-electron chi connectivity index (χ2n) is 4.54. The molecule has 0 heterocycles. The third-order valence-electron chi connectivity index (χ3n) is 3.18. The van der Waals surface area contributed by atoms with Crippen LogP contribution >= 0.6 is 0 Å². The summed E-state index contributed by atoms with van der Waals surface area (Å²) in [5.41, 5.74) is 1.42. The molecule has 0 aliphatic rings. The third-order valence-corrected chi connectivity index (χ3v) is 4.84. The minimum atomic E-state index is -1.18. The molecule has 106 valence electrons. The minimum absolute atomic E-state index is 0.306. The first-order valence-corrected chi connectivity index (χ1v) is 7.74. The number of rotatable bonds is 5. The highest BCUT2D eigenvalue weighted by molar-refractivity contribution is 7.84. The maximum Gasteiger partial charge on any atom is 0.127 e. The predicted octanol–water partition coefficient (Wildman–Crippen LogP) is 3.84. The number of hydrogen-bond acceptors (Lipinski definition) is 2. The van der Waals surface area contributed by atoms with Crippen molar-refractivity contribution in [3.8, 4) is 5.75 Å². The van der Waals surface area contributed by atoms with Crippen LogP contribution in [0.2, 0.25) is 0 Å². The van der Waals surface area contributed by atoms with Gasteiger partial charge in [0.1, 0.15) is 11.6 Å². The lowest BCUT2D eigenvalue weighted by atomic mass is 10.1. The molecule has 0 aliphatic heterocycles. The summed E-state index contributed by atoms with van der Waals surface area (Å²) >= 11 is 0. The van der Waals surface area contributed by atoms with Gasteiger partial charge in [-0.1, -0.05) is 30.3 Å². The molecule has 0 aliphatic carbocycles. The van der Waals surface area contributed by atoms with Gasteiger partial charge < -0.3 is 4.74 Å². The molecule has 2 aromatic rings. The fourth-order valence-corrected chi connectivity index (χ4v) is 3.23. The summed E-state index contributed by atoms with van der Waals surface area (Å²) in [7, 11) is 0.412. The van der Waals surface area contributed by atoms with E-state index in [1.54, 1.807) is 32.2 Å². The van der Waals surface area contributed by atoms with Crippen LogP contribution in [0.5, 0.6) is 5.75 Å². The normalized spacial score (nSPS) is 13.8. The monoisotopic (exact) mass is 292 g/mol. The van der Waals surface area contributed by atoms with E-state index in [0.717, 1.165) is 11.3 Å². The van der Waals surface area contributed by atoms with Crippen LogP contribution in [0, 0.1) is 5.82 Å². The van der Waals surface area contributed by atoms with Gasteiger partial charge in [-0.25, -0.2) is 4.39 Å². The fraction of sp³-hybridized carbons (Fsp3) is 0.250. The Bertz CT molecular complexity index is 613. The largest absolute Gasteiger partial charge is 0.497 e. The molecule has 2 nitrogen and oxygen atoms in total. The average Bonchev–Trinajstić information content (AvgIpc) is 2.47. The lowest BCUT2D eigenvalue weighted by Crippen LogP contribution is -2.07. The Morgan fingerprint density at radius 1 is 1.20 bits per heavy atom. The molecule has 0 fully saturated rings. The van der Waals surface area contributed by atoms with E-state index in [9.17, 15) is 8.60 Å². The zero-order valence-electron chi connectivity index (χ0n) is 11.5. The molecule has 0 bridgehead atoms. The van der Waals surface area contributed by atoms with Crippen molar-refractivity contribution in [3.63, 3.8) is 0 Å². The fourth-order valence-electron chi connectivity index (χ4n) is 2.00. The van der Waals surface area contributed by atoms with Gasteiger partial charge in [0, 0.05) is 22.1 Å². The average molecular weight is 292 g/mol. The molecule has 0 N–H and O–H groups in total. The number of halogens is 1. The molecule has 2 rings (SSSR count). The molecule has 0 aromatic heterocycles. The summed E-state index contributed by atoms with van der Waals surface area (Å²) in [6.07, 6.45) is 0. The molecule has 0 amide bonds. The molecule has 0 spiro atoms. The topological polar surface area (TPSA) is 26.3 Å². The van der Waals surface area contributed by atoms with Crippen molar-refractivity contribution in [2.24, 2.45) is 0 Å². The zero-order chi connectivity index (χ0) is 14.5. The van der Waals surface area contributed by atoms with Crippen LogP contribution in [0.25, 0.3) is 0 Å². The number of methoxy groups -OCH3 is 1. The van der Waals surface area contributed by atoms with E-state index in [1.165, 1.54) is 6.07 Å². The minimum Gasteiger partial charge on any atom is -0.497 e. The van der Waals surface area contributed by atoms with Crippen LogP contribution in [0.4, 0.5) is 4.39 Å². The van der Waals surface area contributed by atoms with E-state index in [0.29, 0.717) is 11.3 Å². The van der Waals surface area contributed by atoms with Crippen molar-refractivity contribution in [2.45, 2.75) is 17.9 Å². The first-order valence-electron chi connectivity index (χ1n) is 6.36. The van der Waals surface area contributed by atoms with Crippen molar-refractivity contribution in [3.05, 3.63) is 65.5 Å². The lowest BCUT2D eigenvalue weighted by Gasteiger charge is -2.13. The second-order valence-corrected chi connectivity index (χ2v) is 6.30. The zero-order valence-corrected chi connectivity index (χ0v) is 12.3. The quantitative estimate of drug-likeness (QED) is 0.837. The SMILES string of the molecule is COc1cccc(C[S@](=O)[C@@H](C)c2ccccc2F)c1. The molecular formula is C16H17FO2S. The second kappa shape index (κ2) is 6.66. The smallest absolute Gasteiger partial charge is 0.127 e. The maximum absolute atomic E-state index is 13.7. The van der Waals surface area contributed by atoms with Gasteiger partial charge in [0.25, 0.3) is 0 Å². The van der Waals surface area contributed by atoms with Gasteiger partial charge in [-0.3, -0.25) is 4.21 Å². The van der Waals surface area contributed by atoms with E-state index in [-0.39, 0.29) is 11.1 Å². The molecular weight excluding hydrogens is 275 g/mol. The summed E-state index contributed by atoms with van der Waals surface area (Å²) in [6, 6.07) is 13.9. The standard InChI is InChI=1S/C16H17FO2S/c1-12(15-8-3-4-9-16(15)17)20(18)11-13-6-5-7-14(10-13)19-2/h3-10,12H,11H2,1-2H3/t12-,20-/m0/s1. The molecule has 4 heteroatoms. The number of hydrogen-bond donors (Lipinski definition) is 0. The van der Waals surface area contributed by atoms with Gasteiger partial charge in [0.05, 0.1) is 12.4 Å². The van der Waals surface area contributed by atoms with Gasteiger partial charge in [0.2, 0.25) is 0 Å². The van der Waals surface area contributed by atoms with Gasteiger partial charge in [-0.15, -0.1) is 0 Å². The summed E-state index contributed by atoms with van der Waals surface area (Å²) < 4.78 is 31.2. The van der Waals surface area contributed by atoms with Crippen molar-refractivity contribution in [2.75, 3.05) is 7.11 Å². The van der Waals surface area contributed by atoms with Gasteiger partial charge in [-0.2, -0.15) is 0 Å². The van der Waals surface area contributed by atoms with E-state index >= 15 is 0 Å². The van der Waals surface area contributed by atoms with Gasteiger partial charge in [-0.05, 0) is 30.7 Å². The van der Waals surface area contributed by atoms with E-state index in [1.807, 2.05) is 24.3 Å². The Hall–Kier alpha value is -1.68. The summed E-state index contributed by atoms with van der Waals surface area (Å²) in [5, 5.41) is -0.345. The highest BCUT2D eigenvalue weighted by Gasteiger charge is 2.17. The highest BCUT2D eigenvalue weighted by atomic mass is 32.2. The third kappa shape index (κ3) is 3.45. The van der Waals surface area contributed by atoms with Crippen molar-refractivity contribution in [1.82, 2.24) is 0 Å². The van der Waals surface area contributed by atoms with Crippen molar-refractivity contribution >= 4 is 10.8 Å². The first kappa shape index (κ1) is 14.7. The highest BCUT2D eigenvalue weighted by Crippen LogP contribution is 2.25.